The van der Waals surface area contributed by atoms with Crippen LogP contribution in [0.4, 0.5) is 4.79 Å². The fourth-order valence-corrected chi connectivity index (χ4v) is 3.03. The summed E-state index contributed by atoms with van der Waals surface area (Å²) in [4.78, 5) is 22.7. The SMILES string of the molecule is COC(=O)[C@H](CCSC)N[Se]C(=O)OC(C)(C)C. The number of methoxy groups -OCH3 is 1. The molecule has 0 aromatic carbocycles. The number of carbonyl (C=O) groups is 2. The van der Waals surface area contributed by atoms with E-state index in [0.717, 1.165) is 5.75 Å². The topological polar surface area (TPSA) is 64.6 Å². The van der Waals surface area contributed by atoms with Gasteiger partial charge < -0.3 is 0 Å². The van der Waals surface area contributed by atoms with Crippen molar-refractivity contribution in [2.75, 3.05) is 19.1 Å². The van der Waals surface area contributed by atoms with Gasteiger partial charge in [-0.2, -0.15) is 0 Å². The molecule has 0 saturated carbocycles. The van der Waals surface area contributed by atoms with E-state index in [-0.39, 0.29) is 10.8 Å². The van der Waals surface area contributed by atoms with E-state index in [9.17, 15) is 9.59 Å². The van der Waals surface area contributed by atoms with Crippen LogP contribution in [-0.2, 0) is 14.3 Å². The van der Waals surface area contributed by atoms with Gasteiger partial charge in [0.1, 0.15) is 0 Å². The van der Waals surface area contributed by atoms with Crippen LogP contribution in [0, 0.1) is 0 Å². The van der Waals surface area contributed by atoms with Crippen LogP contribution in [0.1, 0.15) is 27.2 Å². The van der Waals surface area contributed by atoms with E-state index in [4.69, 9.17) is 4.74 Å². The molecule has 0 amide bonds. The molecule has 0 rings (SSSR count). The van der Waals surface area contributed by atoms with Crippen molar-refractivity contribution in [2.24, 2.45) is 0 Å². The first kappa shape index (κ1) is 17.8. The van der Waals surface area contributed by atoms with Gasteiger partial charge in [0.15, 0.2) is 0 Å². The summed E-state index contributed by atoms with van der Waals surface area (Å²) in [6.07, 6.45) is 2.60. The zero-order valence-electron chi connectivity index (χ0n) is 11.4. The molecule has 0 aliphatic heterocycles. The van der Waals surface area contributed by atoms with E-state index in [2.05, 4.69) is 9.07 Å². The van der Waals surface area contributed by atoms with Crippen molar-refractivity contribution in [3.05, 3.63) is 0 Å². The number of rotatable bonds is 7. The van der Waals surface area contributed by atoms with Crippen LogP contribution in [0.2, 0.25) is 0 Å². The maximum atomic E-state index is 11.5. The molecule has 18 heavy (non-hydrogen) atoms. The van der Waals surface area contributed by atoms with Crippen molar-refractivity contribution < 1.29 is 19.1 Å². The summed E-state index contributed by atoms with van der Waals surface area (Å²) in [5.74, 6) is 0.492. The first-order chi connectivity index (χ1) is 8.30. The Morgan fingerprint density at radius 2 is 2.00 bits per heavy atom. The van der Waals surface area contributed by atoms with Crippen molar-refractivity contribution in [3.63, 3.8) is 0 Å². The van der Waals surface area contributed by atoms with E-state index in [0.29, 0.717) is 6.42 Å². The summed E-state index contributed by atoms with van der Waals surface area (Å²) in [5.41, 5.74) is -0.499. The van der Waals surface area contributed by atoms with E-state index >= 15 is 0 Å². The zero-order valence-corrected chi connectivity index (χ0v) is 14.0. The van der Waals surface area contributed by atoms with Gasteiger partial charge in [-0.05, 0) is 0 Å². The Morgan fingerprint density at radius 1 is 1.39 bits per heavy atom. The number of ether oxygens (including phenoxy) is 2. The van der Waals surface area contributed by atoms with Crippen LogP contribution in [-0.4, -0.2) is 56.8 Å². The third-order valence-corrected chi connectivity index (χ3v) is 3.78. The second-order valence-electron chi connectivity index (χ2n) is 4.54. The van der Waals surface area contributed by atoms with Gasteiger partial charge in [0.25, 0.3) is 0 Å². The summed E-state index contributed by atoms with van der Waals surface area (Å²) < 4.78 is 12.8. The molecule has 0 radical (unpaired) electrons. The Morgan fingerprint density at radius 3 is 2.44 bits per heavy atom. The van der Waals surface area contributed by atoms with E-state index in [1.807, 2.05) is 27.0 Å². The molecule has 1 N–H and O–H groups in total. The Kier molecular flexibility index (Phi) is 8.69. The van der Waals surface area contributed by atoms with Crippen LogP contribution in [0.3, 0.4) is 0 Å². The van der Waals surface area contributed by atoms with Crippen LogP contribution in [0.5, 0.6) is 0 Å². The normalized spacial score (nSPS) is 12.9. The molecule has 0 saturated heterocycles. The van der Waals surface area contributed by atoms with E-state index < -0.39 is 26.8 Å². The first-order valence-electron chi connectivity index (χ1n) is 5.52. The second kappa shape index (κ2) is 8.80. The fraction of sp³-hybridized carbons (Fsp3) is 0.818. The molecule has 7 heteroatoms. The third kappa shape index (κ3) is 8.80. The van der Waals surface area contributed by atoms with Gasteiger partial charge in [0.05, 0.1) is 0 Å². The van der Waals surface area contributed by atoms with Gasteiger partial charge >= 0.3 is 119 Å². The number of hydrogen-bond donors (Lipinski definition) is 1. The monoisotopic (exact) mass is 343 g/mol. The zero-order chi connectivity index (χ0) is 14.2. The van der Waals surface area contributed by atoms with Crippen molar-refractivity contribution in [1.82, 2.24) is 4.33 Å². The van der Waals surface area contributed by atoms with Crippen molar-refractivity contribution in [2.45, 2.75) is 38.8 Å². The van der Waals surface area contributed by atoms with Gasteiger partial charge in [-0.15, -0.1) is 0 Å². The molecule has 106 valence electrons. The number of esters is 1. The Hall–Kier alpha value is -0.231. The number of nitrogens with one attached hydrogen (secondary N) is 1. The van der Waals surface area contributed by atoms with E-state index in [1.165, 1.54) is 7.11 Å². The second-order valence-corrected chi connectivity index (χ2v) is 7.15. The summed E-state index contributed by atoms with van der Waals surface area (Å²) in [6.45, 7) is 5.44. The van der Waals surface area contributed by atoms with Gasteiger partial charge in [-0.1, -0.05) is 0 Å². The number of carbonyl (C=O) groups excluding carboxylic acids is 2. The fourth-order valence-electron chi connectivity index (χ4n) is 0.993. The summed E-state index contributed by atoms with van der Waals surface area (Å²) in [6, 6.07) is -0.435. The Bertz CT molecular complexity index is 281. The molecule has 0 spiro atoms. The van der Waals surface area contributed by atoms with Crippen molar-refractivity contribution in [3.8, 4) is 0 Å². The van der Waals surface area contributed by atoms with Crippen LogP contribution >= 0.6 is 11.8 Å². The molecule has 0 aromatic rings. The standard InChI is InChI=1S/C11H21NO4SSe/c1-11(2,3)16-10(14)18-12-8(6-7-17-5)9(13)15-4/h8,12H,6-7H2,1-5H3/t8-/m0/s1. The van der Waals surface area contributed by atoms with Crippen molar-refractivity contribution >= 4 is 37.8 Å². The molecule has 0 aliphatic carbocycles. The number of thioether (sulfide) groups is 1. The first-order valence-corrected chi connectivity index (χ1v) is 8.63. The minimum absolute atomic E-state index is 0.312. The molecule has 0 heterocycles. The summed E-state index contributed by atoms with van der Waals surface area (Å²) in [7, 11) is 1.34. The quantitative estimate of drug-likeness (QED) is 0.558. The third-order valence-electron chi connectivity index (χ3n) is 1.77. The molecule has 5 nitrogen and oxygen atoms in total. The average Bonchev–Trinajstić information content (AvgIpc) is 2.26. The Labute approximate surface area is 119 Å². The molecule has 0 aliphatic rings. The Balaban J connectivity index is 4.17. The molecule has 0 aromatic heterocycles. The molecule has 0 fully saturated rings. The average molecular weight is 342 g/mol. The van der Waals surface area contributed by atoms with Crippen molar-refractivity contribution in [1.29, 1.82) is 0 Å². The predicted molar refractivity (Wildman–Crippen MR) is 73.9 cm³/mol. The molecular weight excluding hydrogens is 321 g/mol. The van der Waals surface area contributed by atoms with Gasteiger partial charge in [0.2, 0.25) is 0 Å². The molecule has 1 atom stereocenters. The maximum absolute atomic E-state index is 11.5. The van der Waals surface area contributed by atoms with Gasteiger partial charge in [-0.3, -0.25) is 0 Å². The molecule has 0 unspecified atom stereocenters. The molecule has 0 bridgehead atoms. The van der Waals surface area contributed by atoms with Crippen LogP contribution < -0.4 is 4.33 Å². The summed E-state index contributed by atoms with van der Waals surface area (Å²) in [5, 5.41) is 0. The van der Waals surface area contributed by atoms with Gasteiger partial charge in [0, 0.05) is 0 Å². The minimum atomic E-state index is -0.579. The van der Waals surface area contributed by atoms with Crippen LogP contribution in [0.15, 0.2) is 0 Å². The number of hydrogen-bond acceptors (Lipinski definition) is 6. The predicted octanol–water partition coefficient (Wildman–Crippen LogP) is 1.42. The molecular formula is C11H21NO4SSe. The van der Waals surface area contributed by atoms with Crippen LogP contribution in [0.25, 0.3) is 0 Å². The summed E-state index contributed by atoms with van der Waals surface area (Å²) >= 11 is 1.07. The van der Waals surface area contributed by atoms with E-state index in [1.54, 1.807) is 11.8 Å². The van der Waals surface area contributed by atoms with Gasteiger partial charge in [-0.25, -0.2) is 0 Å².